The maximum Gasteiger partial charge on any atom is 0.298 e. The minimum absolute atomic E-state index is 0.166. The molecule has 4 aromatic rings. The highest BCUT2D eigenvalue weighted by Gasteiger charge is 2.46. The van der Waals surface area contributed by atoms with E-state index < -0.39 is 12.4 Å². The summed E-state index contributed by atoms with van der Waals surface area (Å²) in [6, 6.07) is 18.2. The number of nitrogens with zero attached hydrogens (tertiary/aromatic N) is 3. The third kappa shape index (κ3) is 5.21. The van der Waals surface area contributed by atoms with E-state index in [0.29, 0.717) is 34.9 Å². The van der Waals surface area contributed by atoms with Gasteiger partial charge in [-0.05, 0) is 43.4 Å². The topological polar surface area (TPSA) is 102 Å². The van der Waals surface area contributed by atoms with Gasteiger partial charge in [0.2, 0.25) is 6.29 Å². The number of aliphatic hydroxyl groups excluding tert-OH is 1. The van der Waals surface area contributed by atoms with Crippen molar-refractivity contribution in [3.05, 3.63) is 59.6 Å². The summed E-state index contributed by atoms with van der Waals surface area (Å²) < 4.78 is 23.0. The Morgan fingerprint density at radius 1 is 1.05 bits per heavy atom. The second-order valence-electron chi connectivity index (χ2n) is 9.81. The summed E-state index contributed by atoms with van der Waals surface area (Å²) in [6.45, 7) is 1.81. The molecule has 4 atom stereocenters. The molecule has 2 saturated heterocycles. The normalized spacial score (nSPS) is 22.8. The number of pyridine rings is 1. The lowest BCUT2D eigenvalue weighted by Crippen LogP contribution is -2.28. The molecule has 38 heavy (non-hydrogen) atoms. The van der Waals surface area contributed by atoms with Gasteiger partial charge in [-0.1, -0.05) is 48.0 Å². The van der Waals surface area contributed by atoms with Gasteiger partial charge in [-0.3, -0.25) is 0 Å². The highest BCUT2D eigenvalue weighted by Crippen LogP contribution is 2.34. The van der Waals surface area contributed by atoms with Crippen LogP contribution < -0.4 is 9.47 Å². The molecule has 6 rings (SSSR count). The molecule has 2 aliphatic rings. The molecule has 2 aromatic carbocycles. The van der Waals surface area contributed by atoms with Crippen LogP contribution in [-0.4, -0.2) is 83.4 Å². The van der Waals surface area contributed by atoms with E-state index in [2.05, 4.69) is 32.0 Å². The summed E-state index contributed by atoms with van der Waals surface area (Å²) >= 11 is 6.60. The predicted octanol–water partition coefficient (Wildman–Crippen LogP) is 4.14. The van der Waals surface area contributed by atoms with Crippen LogP contribution in [0.4, 0.5) is 0 Å². The highest BCUT2D eigenvalue weighted by molar-refractivity contribution is 6.33. The maximum absolute atomic E-state index is 9.94. The van der Waals surface area contributed by atoms with Crippen LogP contribution >= 0.6 is 11.6 Å². The average Bonchev–Trinajstić information content (AvgIpc) is 3.59. The number of imidazole rings is 1. The van der Waals surface area contributed by atoms with Crippen molar-refractivity contribution < 1.29 is 24.1 Å². The summed E-state index contributed by atoms with van der Waals surface area (Å²) in [5, 5.41) is 10.4. The van der Waals surface area contributed by atoms with Gasteiger partial charge in [-0.25, -0.2) is 4.98 Å². The molecule has 0 aliphatic carbocycles. The molecule has 2 N–H and O–H groups in total. The first kappa shape index (κ1) is 25.1. The Hall–Kier alpha value is -3.21. The molecular weight excluding hydrogens is 508 g/mol. The number of fused-ring (bicyclic) bond motifs is 2. The number of rotatable bonds is 8. The van der Waals surface area contributed by atoms with Crippen LogP contribution in [0, 0.1) is 0 Å². The van der Waals surface area contributed by atoms with Crippen molar-refractivity contribution in [3.63, 3.8) is 0 Å². The molecule has 2 aliphatic heterocycles. The Kier molecular flexibility index (Phi) is 6.94. The number of hydrogen-bond donors (Lipinski definition) is 2. The first-order valence-electron chi connectivity index (χ1n) is 12.6. The molecule has 0 saturated carbocycles. The molecule has 4 heterocycles. The fraction of sp³-hybridized carbons (Fsp3) is 0.357. The number of likely N-dealkylation sites (N-methyl/N-ethyl adjacent to an activating group) is 1. The van der Waals surface area contributed by atoms with Crippen LogP contribution in [0.2, 0.25) is 5.02 Å². The van der Waals surface area contributed by atoms with E-state index in [-0.39, 0.29) is 24.8 Å². The summed E-state index contributed by atoms with van der Waals surface area (Å²) in [7, 11) is 4.05. The second-order valence-corrected chi connectivity index (χ2v) is 10.2. The summed E-state index contributed by atoms with van der Waals surface area (Å²) in [5.74, 6) is 0.854. The summed E-state index contributed by atoms with van der Waals surface area (Å²) in [5.41, 5.74) is 4.84. The van der Waals surface area contributed by atoms with Gasteiger partial charge in [0.1, 0.15) is 24.6 Å². The van der Waals surface area contributed by atoms with Crippen LogP contribution in [0.3, 0.4) is 0 Å². The Labute approximate surface area is 225 Å². The number of benzene rings is 2. The number of aromatic amines is 1. The van der Waals surface area contributed by atoms with Crippen molar-refractivity contribution >= 4 is 22.8 Å². The zero-order valence-corrected chi connectivity index (χ0v) is 21.9. The number of ether oxygens (including phenoxy) is 4. The number of aromatic nitrogens is 3. The van der Waals surface area contributed by atoms with Crippen molar-refractivity contribution in [2.75, 3.05) is 33.9 Å². The van der Waals surface area contributed by atoms with E-state index >= 15 is 0 Å². The van der Waals surface area contributed by atoms with Gasteiger partial charge < -0.3 is 33.9 Å². The number of hydrogen-bond acceptors (Lipinski definition) is 8. The SMILES string of the molecule is CN(C)CCOc1ccc(-c2ccc(-c3nc4nc(OC5C[C@H]6OC[C@@H](O)[C@H]6O5)[nH]c4cc3Cl)cc2)cc1. The van der Waals surface area contributed by atoms with Gasteiger partial charge in [0.25, 0.3) is 6.01 Å². The molecule has 0 bridgehead atoms. The van der Waals surface area contributed by atoms with Gasteiger partial charge in [0.05, 0.1) is 28.9 Å². The lowest BCUT2D eigenvalue weighted by atomic mass is 10.0. The highest BCUT2D eigenvalue weighted by atomic mass is 35.5. The van der Waals surface area contributed by atoms with Gasteiger partial charge in [-0.15, -0.1) is 0 Å². The fourth-order valence-electron chi connectivity index (χ4n) is 4.73. The molecule has 0 spiro atoms. The minimum atomic E-state index is -0.634. The van der Waals surface area contributed by atoms with Crippen molar-refractivity contribution in [1.29, 1.82) is 0 Å². The third-order valence-corrected chi connectivity index (χ3v) is 7.05. The Morgan fingerprint density at radius 2 is 1.76 bits per heavy atom. The van der Waals surface area contributed by atoms with Crippen LogP contribution in [0.25, 0.3) is 33.5 Å². The van der Waals surface area contributed by atoms with Crippen molar-refractivity contribution in [2.24, 2.45) is 0 Å². The third-order valence-electron chi connectivity index (χ3n) is 6.76. The van der Waals surface area contributed by atoms with Crippen molar-refractivity contribution in [2.45, 2.75) is 31.0 Å². The first-order chi connectivity index (χ1) is 18.4. The molecule has 198 valence electrons. The van der Waals surface area contributed by atoms with E-state index in [1.165, 1.54) is 0 Å². The first-order valence-corrected chi connectivity index (χ1v) is 13.0. The van der Waals surface area contributed by atoms with Gasteiger partial charge >= 0.3 is 0 Å². The zero-order chi connectivity index (χ0) is 26.2. The standard InChI is InChI=1S/C28H29ClN4O5/c1-33(2)11-12-35-19-9-7-17(8-10-19)16-3-5-18(6-4-16)25-20(29)13-21-27(31-25)32-28(30-21)38-24-14-23-26(37-24)22(34)15-36-23/h3-10,13,22-24,26,34H,11-12,14-15H2,1-2H3,(H,30,31,32)/t22-,23-,24?,26-/m1/s1. The fourth-order valence-corrected chi connectivity index (χ4v) is 4.99. The Balaban J connectivity index is 1.15. The lowest BCUT2D eigenvalue weighted by Gasteiger charge is -2.14. The molecule has 0 amide bonds. The molecule has 2 aromatic heterocycles. The zero-order valence-electron chi connectivity index (χ0n) is 21.1. The average molecular weight is 537 g/mol. The molecule has 0 radical (unpaired) electrons. The molecule has 9 nitrogen and oxygen atoms in total. The van der Waals surface area contributed by atoms with Crippen LogP contribution in [0.15, 0.2) is 54.6 Å². The largest absolute Gasteiger partial charge is 0.492 e. The second kappa shape index (κ2) is 10.5. The van der Waals surface area contributed by atoms with Crippen molar-refractivity contribution in [1.82, 2.24) is 19.9 Å². The predicted molar refractivity (Wildman–Crippen MR) is 143 cm³/mol. The molecule has 10 heteroatoms. The van der Waals surface area contributed by atoms with Gasteiger partial charge in [-0.2, -0.15) is 4.98 Å². The number of H-pyrrole nitrogens is 1. The molecule has 1 unspecified atom stereocenters. The van der Waals surface area contributed by atoms with Crippen LogP contribution in [-0.2, 0) is 9.47 Å². The van der Waals surface area contributed by atoms with Gasteiger partial charge in [0, 0.05) is 18.5 Å². The smallest absolute Gasteiger partial charge is 0.298 e. The summed E-state index contributed by atoms with van der Waals surface area (Å²) in [6.07, 6.45) is -1.20. The van der Waals surface area contributed by atoms with E-state index in [9.17, 15) is 5.11 Å². The number of aliphatic hydroxyl groups is 1. The summed E-state index contributed by atoms with van der Waals surface area (Å²) in [4.78, 5) is 14.3. The minimum Gasteiger partial charge on any atom is -0.492 e. The Bertz CT molecular complexity index is 1410. The van der Waals surface area contributed by atoms with Crippen LogP contribution in [0.1, 0.15) is 6.42 Å². The van der Waals surface area contributed by atoms with Crippen LogP contribution in [0.5, 0.6) is 11.8 Å². The molecular formula is C28H29ClN4O5. The van der Waals surface area contributed by atoms with Crippen molar-refractivity contribution in [3.8, 4) is 34.1 Å². The quantitative estimate of drug-likeness (QED) is 0.346. The Morgan fingerprint density at radius 3 is 2.47 bits per heavy atom. The lowest BCUT2D eigenvalue weighted by molar-refractivity contribution is -0.103. The maximum atomic E-state index is 9.94. The van der Waals surface area contributed by atoms with E-state index in [1.807, 2.05) is 50.5 Å². The number of halogens is 1. The van der Waals surface area contributed by atoms with Gasteiger partial charge in [0.15, 0.2) is 5.65 Å². The monoisotopic (exact) mass is 536 g/mol. The van der Waals surface area contributed by atoms with E-state index in [1.54, 1.807) is 6.07 Å². The van der Waals surface area contributed by atoms with E-state index in [0.717, 1.165) is 29.0 Å². The molecule has 2 fully saturated rings. The van der Waals surface area contributed by atoms with E-state index in [4.69, 9.17) is 30.5 Å². The number of nitrogens with one attached hydrogen (secondary N) is 1.